The van der Waals surface area contributed by atoms with Crippen molar-refractivity contribution in [2.75, 3.05) is 94.9 Å². The minimum atomic E-state index is -2.73. The lowest BCUT2D eigenvalue weighted by Crippen LogP contribution is -2.71. The van der Waals surface area contributed by atoms with Crippen molar-refractivity contribution in [2.45, 2.75) is 74.5 Å². The molecule has 4 saturated heterocycles. The fourth-order valence-electron chi connectivity index (χ4n) is 10.1. The van der Waals surface area contributed by atoms with Gasteiger partial charge < -0.3 is 58.0 Å². The molecule has 27 heteroatoms. The van der Waals surface area contributed by atoms with Crippen LogP contribution in [-0.2, 0) is 59.8 Å². The van der Waals surface area contributed by atoms with Gasteiger partial charge in [-0.1, -0.05) is 35.3 Å². The van der Waals surface area contributed by atoms with Crippen LogP contribution in [0.5, 0.6) is 5.75 Å². The summed E-state index contributed by atoms with van der Waals surface area (Å²) in [5.74, 6) is -2.81. The van der Waals surface area contributed by atoms with Gasteiger partial charge in [-0.2, -0.15) is 5.10 Å². The van der Waals surface area contributed by atoms with Gasteiger partial charge in [-0.15, -0.1) is 11.8 Å². The van der Waals surface area contributed by atoms with Crippen molar-refractivity contribution in [3.63, 3.8) is 0 Å². The van der Waals surface area contributed by atoms with E-state index in [0.29, 0.717) is 29.3 Å². The van der Waals surface area contributed by atoms with E-state index in [9.17, 15) is 28.4 Å². The van der Waals surface area contributed by atoms with Crippen molar-refractivity contribution < 1.29 is 70.7 Å². The summed E-state index contributed by atoms with van der Waals surface area (Å²) in [6.45, 7) is 9.62. The molecular weight excluding hydrogens is 1090 g/mol. The third-order valence-electron chi connectivity index (χ3n) is 14.0. The molecule has 4 aromatic rings. The van der Waals surface area contributed by atoms with Crippen LogP contribution in [0, 0.1) is 17.6 Å². The van der Waals surface area contributed by atoms with Crippen LogP contribution in [-0.4, -0.2) is 174 Å². The van der Waals surface area contributed by atoms with E-state index in [1.807, 2.05) is 76.2 Å². The van der Waals surface area contributed by atoms with Gasteiger partial charge in [-0.3, -0.25) is 24.4 Å². The number of amides is 3. The van der Waals surface area contributed by atoms with Crippen LogP contribution in [0.2, 0.25) is 0 Å². The summed E-state index contributed by atoms with van der Waals surface area (Å²) in [5.41, 5.74) is 1.03. The van der Waals surface area contributed by atoms with Gasteiger partial charge in [0.05, 0.1) is 32.4 Å². The van der Waals surface area contributed by atoms with Gasteiger partial charge in [-0.05, 0) is 79.9 Å². The summed E-state index contributed by atoms with van der Waals surface area (Å²) in [7, 11) is -0.0148. The molecule has 0 bridgehead atoms. The maximum absolute atomic E-state index is 15.1. The monoisotopic (exact) mass is 1150 g/mol. The standard InChI is InChI=1S/C53H64F2N10O13S2/c1-32(2)22-74-52(70)77-31-76-50(68)46-34(23-71-5)25-79-49-45(48(67)65(46)49)59-47(66)44(60-72-6)42-26-80(56,51(69)64(42)33(3)4)39-14-10-37(11-15-39)62-19-17-61(18-20-62)36-8-12-38(13-9-36)73-24-43-75-28-53(78-43,27-63-30-57-29-58-63)40-16-7-35(54)21-41(40)55/h7-16,21,29-30,32-33,42-43,45,49H,17-20,22-28,31,56H2,1-6H3,(H,59,66)/b60-44-/t42?,43-,45?,49?,53+/m0/s1. The molecule has 4 unspecified atom stereocenters. The van der Waals surface area contributed by atoms with Gasteiger partial charge in [0.1, 0.15) is 66.5 Å². The molecule has 6 atom stereocenters. The first kappa shape index (κ1) is 57.6. The molecule has 4 fully saturated rings. The van der Waals surface area contributed by atoms with Crippen molar-refractivity contribution in [1.29, 1.82) is 0 Å². The van der Waals surface area contributed by atoms with Gasteiger partial charge in [0.2, 0.25) is 6.79 Å². The number of aromatic nitrogens is 3. The molecule has 0 spiro atoms. The van der Waals surface area contributed by atoms with Crippen LogP contribution in [0.15, 0.2) is 101 Å². The average molecular weight is 1150 g/mol. The number of anilines is 2. The quantitative estimate of drug-likeness (QED) is 0.0362. The van der Waals surface area contributed by atoms with Crippen molar-refractivity contribution in [3.8, 4) is 5.75 Å². The molecule has 80 heavy (non-hydrogen) atoms. The number of nitrogens with one attached hydrogen (secondary N) is 1. The summed E-state index contributed by atoms with van der Waals surface area (Å²) in [4.78, 5) is 85.0. The fourth-order valence-corrected chi connectivity index (χ4v) is 14.1. The van der Waals surface area contributed by atoms with Gasteiger partial charge >= 0.3 is 12.1 Å². The molecule has 0 aliphatic carbocycles. The number of carbonyl (C=O) groups excluding carboxylic acids is 5. The van der Waals surface area contributed by atoms with E-state index in [-0.39, 0.29) is 72.6 Å². The molecule has 3 N–H and O–H groups in total. The normalized spacial score (nSPS) is 24.9. The third-order valence-corrected chi connectivity index (χ3v) is 18.1. The van der Waals surface area contributed by atoms with Gasteiger partial charge in [0, 0.05) is 78.7 Å². The lowest BCUT2D eigenvalue weighted by atomic mass is 9.94. The fraction of sp³-hybridized carbons (Fsp3) is 0.472. The van der Waals surface area contributed by atoms with E-state index in [2.05, 4.69) is 30.4 Å². The lowest BCUT2D eigenvalue weighted by molar-refractivity contribution is -0.158. The summed E-state index contributed by atoms with van der Waals surface area (Å²) in [6, 6.07) is 16.2. The van der Waals surface area contributed by atoms with Crippen LogP contribution >= 0.6 is 22.0 Å². The lowest BCUT2D eigenvalue weighted by Gasteiger charge is -2.49. The smallest absolute Gasteiger partial charge is 0.488 e. The van der Waals surface area contributed by atoms with E-state index >= 15 is 4.39 Å². The zero-order valence-corrected chi connectivity index (χ0v) is 46.6. The molecule has 1 aromatic heterocycles. The summed E-state index contributed by atoms with van der Waals surface area (Å²) < 4.78 is 69.0. The molecule has 3 aromatic carbocycles. The van der Waals surface area contributed by atoms with Crippen molar-refractivity contribution in [1.82, 2.24) is 29.9 Å². The molecule has 430 valence electrons. The maximum Gasteiger partial charge on any atom is 0.511 e. The first-order valence-electron chi connectivity index (χ1n) is 25.8. The van der Waals surface area contributed by atoms with Crippen molar-refractivity contribution in [3.05, 3.63) is 108 Å². The second kappa shape index (κ2) is 24.8. The molecule has 3 amide bonds. The van der Waals surface area contributed by atoms with Gasteiger partial charge in [-0.25, -0.2) is 28.0 Å². The second-order valence-corrected chi connectivity index (χ2v) is 24.0. The zero-order chi connectivity index (χ0) is 56.9. The summed E-state index contributed by atoms with van der Waals surface area (Å²) in [5, 5.41) is 17.1. The number of thioether (sulfide) groups is 1. The molecule has 0 saturated carbocycles. The Morgan fingerprint density at radius 3 is 2.27 bits per heavy atom. The number of β-lactam (4-membered cyclic amide) rings is 1. The largest absolute Gasteiger partial charge is 0.511 e. The maximum atomic E-state index is 15.1. The highest BCUT2D eigenvalue weighted by atomic mass is 32.3. The number of piperazine rings is 1. The molecule has 5 aliphatic rings. The number of methoxy groups -OCH3 is 1. The number of hydrogen-bond acceptors (Lipinski definition) is 20. The predicted octanol–water partition coefficient (Wildman–Crippen LogP) is 5.09. The number of rotatable bonds is 21. The minimum absolute atomic E-state index is 0.00754. The molecule has 0 radical (unpaired) electrons. The number of ether oxygens (including phenoxy) is 7. The van der Waals surface area contributed by atoms with Crippen molar-refractivity contribution >= 4 is 68.2 Å². The molecule has 5 aliphatic heterocycles. The Morgan fingerprint density at radius 1 is 0.950 bits per heavy atom. The molecule has 9 rings (SSSR count). The Balaban J connectivity index is 0.787. The van der Waals surface area contributed by atoms with Crippen LogP contribution in [0.25, 0.3) is 0 Å². The van der Waals surface area contributed by atoms with E-state index in [0.717, 1.165) is 30.5 Å². The molecule has 23 nitrogen and oxygen atoms in total. The Kier molecular flexibility index (Phi) is 17.8. The van der Waals surface area contributed by atoms with Gasteiger partial charge in [0.25, 0.3) is 17.1 Å². The Hall–Kier alpha value is -7.04. The number of esters is 1. The van der Waals surface area contributed by atoms with E-state index in [1.165, 1.54) is 60.4 Å². The zero-order valence-electron chi connectivity index (χ0n) is 45.0. The van der Waals surface area contributed by atoms with Gasteiger partial charge in [0.15, 0.2) is 12.0 Å². The Bertz CT molecular complexity index is 2970. The highest BCUT2D eigenvalue weighted by Gasteiger charge is 2.57. The SMILES string of the molecule is COCC1=C(C(=O)OCOC(=O)OCC(C)C)N2C(=O)C(NC(=O)/C(=N\OC)C3CS(N)(c4ccc(N5CCN(c6ccc(OC[C@H]7OC[C@](Cn8cncn8)(c8ccc(F)cc8F)O7)cc6)CC5)cc4)C(=O)N3C(C)C)C2SC1. The number of fused-ring (bicyclic) bond motifs is 1. The Morgan fingerprint density at radius 2 is 1.65 bits per heavy atom. The Labute approximate surface area is 466 Å². The predicted molar refractivity (Wildman–Crippen MR) is 289 cm³/mol. The average Bonchev–Trinajstić information content (AvgIpc) is 4.20. The van der Waals surface area contributed by atoms with Crippen LogP contribution in [0.4, 0.5) is 29.7 Å². The number of nitrogens with zero attached hydrogens (tertiary/aromatic N) is 8. The molecule has 6 heterocycles. The minimum Gasteiger partial charge on any atom is -0.488 e. The summed E-state index contributed by atoms with van der Waals surface area (Å²) >= 11 is 1.30. The van der Waals surface area contributed by atoms with E-state index in [1.54, 1.807) is 4.90 Å². The number of nitrogens with two attached hydrogens (primary N) is 1. The first-order valence-corrected chi connectivity index (χ1v) is 28.7. The molecular formula is C53H64F2N10O13S2. The van der Waals surface area contributed by atoms with Crippen LogP contribution < -0.4 is 25.0 Å². The highest BCUT2D eigenvalue weighted by Crippen LogP contribution is 2.57. The summed E-state index contributed by atoms with van der Waals surface area (Å²) in [6.07, 6.45) is 0.977. The number of carbonyl (C=O) groups is 5. The second-order valence-electron chi connectivity index (χ2n) is 20.1. The number of hydrogen-bond donors (Lipinski definition) is 2. The van der Waals surface area contributed by atoms with E-state index in [4.69, 9.17) is 43.1 Å². The number of halogens is 2. The first-order chi connectivity index (χ1) is 38.4. The number of benzene rings is 3. The number of oxime groups is 1. The topological polar surface area (TPSA) is 253 Å². The van der Waals surface area contributed by atoms with E-state index < -0.39 is 88.0 Å². The highest BCUT2D eigenvalue weighted by molar-refractivity contribution is 8.43. The van der Waals surface area contributed by atoms with Crippen LogP contribution in [0.3, 0.4) is 0 Å². The van der Waals surface area contributed by atoms with Crippen molar-refractivity contribution in [2.24, 2.45) is 16.2 Å². The van der Waals surface area contributed by atoms with Crippen LogP contribution in [0.1, 0.15) is 33.3 Å². The third kappa shape index (κ3) is 12.2.